The lowest BCUT2D eigenvalue weighted by molar-refractivity contribution is -0.189. The summed E-state index contributed by atoms with van der Waals surface area (Å²) in [5.41, 5.74) is -0.509. The number of fused-ring (bicyclic) bond motifs is 3. The van der Waals surface area contributed by atoms with E-state index in [4.69, 9.17) is 9.47 Å². The molecule has 0 aromatic carbocycles. The van der Waals surface area contributed by atoms with Crippen LogP contribution in [0, 0.1) is 28.1 Å². The number of esters is 1. The maximum Gasteiger partial charge on any atom is 0.312 e. The van der Waals surface area contributed by atoms with Crippen molar-refractivity contribution in [1.29, 1.82) is 0 Å². The zero-order valence-corrected chi connectivity index (χ0v) is 13.8. The molecule has 2 saturated carbocycles. The van der Waals surface area contributed by atoms with Crippen LogP contribution in [0.2, 0.25) is 0 Å². The second kappa shape index (κ2) is 4.45. The smallest absolute Gasteiger partial charge is 0.312 e. The molecule has 6 atom stereocenters. The maximum atomic E-state index is 12.6. The van der Waals surface area contributed by atoms with Gasteiger partial charge in [0.2, 0.25) is 6.29 Å². The van der Waals surface area contributed by atoms with Gasteiger partial charge in [0.25, 0.3) is 0 Å². The van der Waals surface area contributed by atoms with Gasteiger partial charge < -0.3 is 14.6 Å². The van der Waals surface area contributed by atoms with E-state index in [1.54, 1.807) is 0 Å². The van der Waals surface area contributed by atoms with Gasteiger partial charge in [-0.15, -0.1) is 0 Å². The van der Waals surface area contributed by atoms with Crippen molar-refractivity contribution in [2.75, 3.05) is 6.61 Å². The monoisotopic (exact) mass is 296 g/mol. The zero-order chi connectivity index (χ0) is 15.6. The van der Waals surface area contributed by atoms with E-state index in [-0.39, 0.29) is 40.2 Å². The van der Waals surface area contributed by atoms with Crippen LogP contribution in [0.3, 0.4) is 0 Å². The van der Waals surface area contributed by atoms with Crippen molar-refractivity contribution in [3.8, 4) is 0 Å². The van der Waals surface area contributed by atoms with E-state index < -0.39 is 6.29 Å². The molecule has 0 aromatic rings. The molecule has 0 amide bonds. The third-order valence-corrected chi connectivity index (χ3v) is 7.25. The molecule has 4 nitrogen and oxygen atoms in total. The Balaban J connectivity index is 2.08. The highest BCUT2D eigenvalue weighted by Crippen LogP contribution is 2.73. The molecule has 1 saturated heterocycles. The highest BCUT2D eigenvalue weighted by molar-refractivity contribution is 5.77. The van der Waals surface area contributed by atoms with Crippen LogP contribution in [0.4, 0.5) is 0 Å². The van der Waals surface area contributed by atoms with Gasteiger partial charge in [0.05, 0.1) is 12.0 Å². The van der Waals surface area contributed by atoms with Gasteiger partial charge in [-0.1, -0.05) is 27.7 Å². The van der Waals surface area contributed by atoms with E-state index >= 15 is 0 Å². The highest BCUT2D eigenvalue weighted by Gasteiger charge is 2.74. The average Bonchev–Trinajstić information content (AvgIpc) is 2.83. The molecule has 2 aliphatic carbocycles. The summed E-state index contributed by atoms with van der Waals surface area (Å²) in [5, 5.41) is 10.7. The molecule has 3 fully saturated rings. The van der Waals surface area contributed by atoms with E-state index in [1.165, 1.54) is 0 Å². The van der Waals surface area contributed by atoms with Crippen LogP contribution >= 0.6 is 0 Å². The Morgan fingerprint density at radius 3 is 2.62 bits per heavy atom. The molecular weight excluding hydrogens is 268 g/mol. The van der Waals surface area contributed by atoms with Gasteiger partial charge in [-0.05, 0) is 37.0 Å². The van der Waals surface area contributed by atoms with Gasteiger partial charge in [-0.25, -0.2) is 0 Å². The van der Waals surface area contributed by atoms with Crippen molar-refractivity contribution in [2.24, 2.45) is 28.1 Å². The van der Waals surface area contributed by atoms with E-state index in [0.29, 0.717) is 6.61 Å². The van der Waals surface area contributed by atoms with E-state index in [1.807, 2.05) is 6.92 Å². The van der Waals surface area contributed by atoms with Gasteiger partial charge >= 0.3 is 5.97 Å². The molecule has 0 unspecified atom stereocenters. The predicted molar refractivity (Wildman–Crippen MR) is 78.3 cm³/mol. The van der Waals surface area contributed by atoms with Crippen LogP contribution < -0.4 is 0 Å². The first kappa shape index (κ1) is 15.3. The zero-order valence-electron chi connectivity index (χ0n) is 13.8. The molecule has 1 heterocycles. The Kier molecular flexibility index (Phi) is 3.24. The summed E-state index contributed by atoms with van der Waals surface area (Å²) in [7, 11) is 0. The number of cyclic esters (lactones) is 1. The minimum absolute atomic E-state index is 0.000517. The molecule has 0 spiro atoms. The van der Waals surface area contributed by atoms with Crippen molar-refractivity contribution in [3.05, 3.63) is 0 Å². The fourth-order valence-electron chi connectivity index (χ4n) is 5.62. The number of carbonyl (C=O) groups is 1. The molecule has 0 bridgehead atoms. The van der Waals surface area contributed by atoms with Crippen LogP contribution in [-0.4, -0.2) is 30.1 Å². The topological polar surface area (TPSA) is 55.8 Å². The SMILES string of the molecule is CCO[C@@H]1OC(=O)[C@@H]2[C@H]1C[C@@]1(C)[C@H](O)CCC(C)(C)[C@@]21C. The summed E-state index contributed by atoms with van der Waals surface area (Å²) in [6.45, 7) is 11.3. The Hall–Kier alpha value is -0.610. The summed E-state index contributed by atoms with van der Waals surface area (Å²) in [5.74, 6) is -0.227. The average molecular weight is 296 g/mol. The quantitative estimate of drug-likeness (QED) is 0.796. The largest absolute Gasteiger partial charge is 0.435 e. The number of aliphatic hydroxyl groups excluding tert-OH is 1. The van der Waals surface area contributed by atoms with Crippen LogP contribution in [-0.2, 0) is 14.3 Å². The minimum Gasteiger partial charge on any atom is -0.435 e. The van der Waals surface area contributed by atoms with Crippen molar-refractivity contribution < 1.29 is 19.4 Å². The molecule has 21 heavy (non-hydrogen) atoms. The van der Waals surface area contributed by atoms with E-state index in [2.05, 4.69) is 27.7 Å². The molecule has 3 rings (SSSR count). The Bertz CT molecular complexity index is 460. The minimum atomic E-state index is -0.435. The van der Waals surface area contributed by atoms with Crippen LogP contribution in [0.15, 0.2) is 0 Å². The molecule has 3 aliphatic rings. The van der Waals surface area contributed by atoms with Crippen molar-refractivity contribution >= 4 is 5.97 Å². The summed E-state index contributed by atoms with van der Waals surface area (Å²) < 4.78 is 11.2. The molecular formula is C17H28O4. The first-order valence-corrected chi connectivity index (χ1v) is 8.19. The molecule has 1 aliphatic heterocycles. The van der Waals surface area contributed by atoms with Crippen LogP contribution in [0.1, 0.15) is 53.9 Å². The molecule has 120 valence electrons. The lowest BCUT2D eigenvalue weighted by Crippen LogP contribution is -2.58. The number of aliphatic hydroxyl groups is 1. The molecule has 1 N–H and O–H groups in total. The van der Waals surface area contributed by atoms with Crippen LogP contribution in [0.25, 0.3) is 0 Å². The van der Waals surface area contributed by atoms with Crippen molar-refractivity contribution in [2.45, 2.75) is 66.3 Å². The summed E-state index contributed by atoms with van der Waals surface area (Å²) in [6.07, 6.45) is 1.77. The van der Waals surface area contributed by atoms with Gasteiger partial charge in [0, 0.05) is 17.9 Å². The third kappa shape index (κ3) is 1.66. The maximum absolute atomic E-state index is 12.6. The number of hydrogen-bond acceptors (Lipinski definition) is 4. The lowest BCUT2D eigenvalue weighted by atomic mass is 9.45. The number of ether oxygens (including phenoxy) is 2. The first-order valence-electron chi connectivity index (χ1n) is 8.19. The van der Waals surface area contributed by atoms with Gasteiger partial charge in [0.1, 0.15) is 0 Å². The Labute approximate surface area is 127 Å². The standard InChI is InChI=1S/C17H28O4/c1-6-20-14-10-9-16(4)11(18)7-8-15(2,3)17(16,5)12(10)13(19)21-14/h10-12,14,18H,6-9H2,1-5H3/t10-,11-,12+,14-,16+,17-/m1/s1. The Morgan fingerprint density at radius 1 is 1.33 bits per heavy atom. The number of hydrogen-bond donors (Lipinski definition) is 1. The summed E-state index contributed by atoms with van der Waals surface area (Å²) in [4.78, 5) is 12.6. The van der Waals surface area contributed by atoms with Crippen LogP contribution in [0.5, 0.6) is 0 Å². The fourth-order valence-corrected chi connectivity index (χ4v) is 5.62. The van der Waals surface area contributed by atoms with Crippen molar-refractivity contribution in [3.63, 3.8) is 0 Å². The fraction of sp³-hybridized carbons (Fsp3) is 0.941. The third-order valence-electron chi connectivity index (χ3n) is 7.25. The summed E-state index contributed by atoms with van der Waals surface area (Å²) >= 11 is 0. The van der Waals surface area contributed by atoms with Gasteiger partial charge in [-0.2, -0.15) is 0 Å². The lowest BCUT2D eigenvalue weighted by Gasteiger charge is -2.59. The molecule has 0 radical (unpaired) electrons. The second-order valence-corrected chi connectivity index (χ2v) is 8.16. The normalized spacial score (nSPS) is 51.4. The van der Waals surface area contributed by atoms with E-state index in [0.717, 1.165) is 19.3 Å². The number of carbonyl (C=O) groups excluding carboxylic acids is 1. The first-order chi connectivity index (χ1) is 9.69. The van der Waals surface area contributed by atoms with Gasteiger partial charge in [-0.3, -0.25) is 4.79 Å². The molecule has 0 aromatic heterocycles. The van der Waals surface area contributed by atoms with Gasteiger partial charge in [0.15, 0.2) is 0 Å². The summed E-state index contributed by atoms with van der Waals surface area (Å²) in [6, 6.07) is 0. The Morgan fingerprint density at radius 2 is 2.00 bits per heavy atom. The molecule has 4 heteroatoms. The predicted octanol–water partition coefficient (Wildman–Crippen LogP) is 2.74. The van der Waals surface area contributed by atoms with Crippen molar-refractivity contribution in [1.82, 2.24) is 0 Å². The number of rotatable bonds is 2. The second-order valence-electron chi connectivity index (χ2n) is 8.16. The highest BCUT2D eigenvalue weighted by atomic mass is 16.7. The van der Waals surface area contributed by atoms with E-state index in [9.17, 15) is 9.90 Å².